The van der Waals surface area contributed by atoms with Crippen molar-refractivity contribution >= 4 is 34.8 Å². The van der Waals surface area contributed by atoms with Gasteiger partial charge in [0.05, 0.1) is 23.4 Å². The summed E-state index contributed by atoms with van der Waals surface area (Å²) in [7, 11) is 0. The van der Waals surface area contributed by atoms with E-state index in [0.29, 0.717) is 21.5 Å². The topological polar surface area (TPSA) is 42.2 Å². The first-order chi connectivity index (χ1) is 8.15. The minimum atomic E-state index is -0.191. The molecule has 0 radical (unpaired) electrons. The van der Waals surface area contributed by atoms with E-state index in [2.05, 4.69) is 5.32 Å². The zero-order chi connectivity index (χ0) is 12.3. The molecule has 0 saturated heterocycles. The molecule has 2 rings (SSSR count). The molecule has 1 amide bonds. The van der Waals surface area contributed by atoms with Gasteiger partial charge in [0, 0.05) is 5.02 Å². The zero-order valence-corrected chi connectivity index (χ0v) is 10.3. The van der Waals surface area contributed by atoms with Crippen LogP contribution in [0.5, 0.6) is 0 Å². The summed E-state index contributed by atoms with van der Waals surface area (Å²) in [5.74, 6) is 0.414. The van der Waals surface area contributed by atoms with E-state index in [1.54, 1.807) is 30.3 Å². The summed E-state index contributed by atoms with van der Waals surface area (Å²) in [5.41, 5.74) is 0.535. The molecule has 17 heavy (non-hydrogen) atoms. The molecule has 0 saturated carbocycles. The monoisotopic (exact) mass is 269 g/mol. The molecule has 0 spiro atoms. The molecule has 0 unspecified atom stereocenters. The van der Waals surface area contributed by atoms with Crippen molar-refractivity contribution in [2.24, 2.45) is 0 Å². The Morgan fingerprint density at radius 1 is 1.29 bits per heavy atom. The molecule has 0 fully saturated rings. The Hall–Kier alpha value is -1.45. The van der Waals surface area contributed by atoms with Crippen LogP contribution in [0.1, 0.15) is 5.76 Å². The van der Waals surface area contributed by atoms with Crippen LogP contribution in [0.25, 0.3) is 0 Å². The fourth-order valence-corrected chi connectivity index (χ4v) is 1.81. The van der Waals surface area contributed by atoms with Gasteiger partial charge in [0.25, 0.3) is 0 Å². The first-order valence-corrected chi connectivity index (χ1v) is 5.68. The number of halogens is 2. The third-order valence-electron chi connectivity index (χ3n) is 2.12. The van der Waals surface area contributed by atoms with Crippen molar-refractivity contribution in [3.8, 4) is 0 Å². The summed E-state index contributed by atoms with van der Waals surface area (Å²) in [6.45, 7) is 0. The Bertz CT molecular complexity index is 523. The number of carbonyl (C=O) groups is 1. The Morgan fingerprint density at radius 2 is 2.12 bits per heavy atom. The van der Waals surface area contributed by atoms with Gasteiger partial charge in [-0.25, -0.2) is 0 Å². The van der Waals surface area contributed by atoms with Crippen molar-refractivity contribution in [1.29, 1.82) is 0 Å². The molecule has 0 bridgehead atoms. The van der Waals surface area contributed by atoms with Crippen LogP contribution >= 0.6 is 23.2 Å². The number of anilines is 1. The molecule has 0 atom stereocenters. The molecule has 3 nitrogen and oxygen atoms in total. The van der Waals surface area contributed by atoms with Crippen LogP contribution < -0.4 is 5.32 Å². The smallest absolute Gasteiger partial charge is 0.232 e. The quantitative estimate of drug-likeness (QED) is 0.922. The predicted octanol–water partition coefficient (Wildman–Crippen LogP) is 3.77. The number of hydrogen-bond donors (Lipinski definition) is 1. The molecular formula is C12H9Cl2NO2. The SMILES string of the molecule is O=C(Cc1ccco1)Nc1ccc(Cl)cc1Cl. The predicted molar refractivity (Wildman–Crippen MR) is 67.5 cm³/mol. The van der Waals surface area contributed by atoms with Crippen molar-refractivity contribution in [2.45, 2.75) is 6.42 Å². The normalized spacial score (nSPS) is 10.2. The van der Waals surface area contributed by atoms with Gasteiger partial charge in [-0.3, -0.25) is 4.79 Å². The number of furan rings is 1. The van der Waals surface area contributed by atoms with Gasteiger partial charge in [0.1, 0.15) is 5.76 Å². The van der Waals surface area contributed by atoms with E-state index in [9.17, 15) is 4.79 Å². The van der Waals surface area contributed by atoms with Crippen molar-refractivity contribution in [3.63, 3.8) is 0 Å². The fraction of sp³-hybridized carbons (Fsp3) is 0.0833. The molecule has 1 heterocycles. The van der Waals surface area contributed by atoms with Crippen molar-refractivity contribution in [1.82, 2.24) is 0 Å². The summed E-state index contributed by atoms with van der Waals surface area (Å²) in [6.07, 6.45) is 1.70. The largest absolute Gasteiger partial charge is 0.469 e. The van der Waals surface area contributed by atoms with E-state index in [0.717, 1.165) is 0 Å². The van der Waals surface area contributed by atoms with E-state index in [4.69, 9.17) is 27.6 Å². The standard InChI is InChI=1S/C12H9Cl2NO2/c13-8-3-4-11(10(14)6-8)15-12(16)7-9-2-1-5-17-9/h1-6H,7H2,(H,15,16). The van der Waals surface area contributed by atoms with Crippen molar-refractivity contribution in [2.75, 3.05) is 5.32 Å². The summed E-state index contributed by atoms with van der Waals surface area (Å²) in [6, 6.07) is 8.37. The molecule has 0 aliphatic rings. The van der Waals surface area contributed by atoms with Crippen LogP contribution in [0.15, 0.2) is 41.0 Å². The number of amides is 1. The van der Waals surface area contributed by atoms with Gasteiger partial charge < -0.3 is 9.73 Å². The average Bonchev–Trinajstić information content (AvgIpc) is 2.75. The van der Waals surface area contributed by atoms with Gasteiger partial charge >= 0.3 is 0 Å². The third kappa shape index (κ3) is 3.25. The Morgan fingerprint density at radius 3 is 2.76 bits per heavy atom. The van der Waals surface area contributed by atoms with E-state index < -0.39 is 0 Å². The molecule has 1 N–H and O–H groups in total. The van der Waals surface area contributed by atoms with Gasteiger partial charge in [-0.2, -0.15) is 0 Å². The van der Waals surface area contributed by atoms with E-state index in [1.165, 1.54) is 6.26 Å². The number of benzene rings is 1. The van der Waals surface area contributed by atoms with Crippen LogP contribution in [0.3, 0.4) is 0 Å². The molecule has 0 aliphatic heterocycles. The summed E-state index contributed by atoms with van der Waals surface area (Å²) < 4.78 is 5.08. The minimum Gasteiger partial charge on any atom is -0.469 e. The van der Waals surface area contributed by atoms with Crippen LogP contribution in [-0.2, 0) is 11.2 Å². The minimum absolute atomic E-state index is 0.173. The zero-order valence-electron chi connectivity index (χ0n) is 8.74. The maximum Gasteiger partial charge on any atom is 0.232 e. The summed E-state index contributed by atoms with van der Waals surface area (Å²) in [5, 5.41) is 3.62. The van der Waals surface area contributed by atoms with Gasteiger partial charge in [-0.1, -0.05) is 23.2 Å². The number of carbonyl (C=O) groups excluding carboxylic acids is 1. The maximum atomic E-state index is 11.7. The first-order valence-electron chi connectivity index (χ1n) is 4.92. The fourth-order valence-electron chi connectivity index (χ4n) is 1.36. The molecule has 0 aliphatic carbocycles. The molecule has 2 aromatic rings. The lowest BCUT2D eigenvalue weighted by Gasteiger charge is -2.06. The molecule has 88 valence electrons. The summed E-state index contributed by atoms with van der Waals surface area (Å²) >= 11 is 11.7. The Labute approximate surface area is 108 Å². The second kappa shape index (κ2) is 5.25. The lowest BCUT2D eigenvalue weighted by atomic mass is 10.3. The van der Waals surface area contributed by atoms with Gasteiger partial charge in [-0.05, 0) is 30.3 Å². The Kier molecular flexibility index (Phi) is 3.71. The van der Waals surface area contributed by atoms with Gasteiger partial charge in [0.2, 0.25) is 5.91 Å². The molecule has 1 aromatic carbocycles. The van der Waals surface area contributed by atoms with Crippen molar-refractivity contribution in [3.05, 3.63) is 52.4 Å². The van der Waals surface area contributed by atoms with Crippen molar-refractivity contribution < 1.29 is 9.21 Å². The number of hydrogen-bond acceptors (Lipinski definition) is 2. The van der Waals surface area contributed by atoms with Crippen LogP contribution in [0.2, 0.25) is 10.0 Å². The second-order valence-corrected chi connectivity index (χ2v) is 4.27. The third-order valence-corrected chi connectivity index (χ3v) is 2.67. The maximum absolute atomic E-state index is 11.7. The Balaban J connectivity index is 2.03. The second-order valence-electron chi connectivity index (χ2n) is 3.43. The number of rotatable bonds is 3. The number of nitrogens with one attached hydrogen (secondary N) is 1. The highest BCUT2D eigenvalue weighted by Crippen LogP contribution is 2.25. The van der Waals surface area contributed by atoms with E-state index in [1.807, 2.05) is 0 Å². The van der Waals surface area contributed by atoms with Crippen LogP contribution in [0.4, 0.5) is 5.69 Å². The average molecular weight is 270 g/mol. The molecule has 1 aromatic heterocycles. The van der Waals surface area contributed by atoms with Gasteiger partial charge in [-0.15, -0.1) is 0 Å². The van der Waals surface area contributed by atoms with Gasteiger partial charge in [0.15, 0.2) is 0 Å². The van der Waals surface area contributed by atoms with E-state index >= 15 is 0 Å². The lowest BCUT2D eigenvalue weighted by Crippen LogP contribution is -2.14. The summed E-state index contributed by atoms with van der Waals surface area (Å²) in [4.78, 5) is 11.7. The molecular weight excluding hydrogens is 261 g/mol. The molecule has 5 heteroatoms. The highest BCUT2D eigenvalue weighted by molar-refractivity contribution is 6.36. The van der Waals surface area contributed by atoms with E-state index in [-0.39, 0.29) is 12.3 Å². The first kappa shape index (κ1) is 12.0. The lowest BCUT2D eigenvalue weighted by molar-refractivity contribution is -0.115. The highest BCUT2D eigenvalue weighted by Gasteiger charge is 2.08. The van der Waals surface area contributed by atoms with Crippen LogP contribution in [0, 0.1) is 0 Å². The highest BCUT2D eigenvalue weighted by atomic mass is 35.5. The van der Waals surface area contributed by atoms with Crippen LogP contribution in [-0.4, -0.2) is 5.91 Å².